The minimum absolute atomic E-state index is 0.0148. The Bertz CT molecular complexity index is 607. The summed E-state index contributed by atoms with van der Waals surface area (Å²) >= 11 is 0. The highest BCUT2D eigenvalue weighted by atomic mass is 16.3. The fourth-order valence-electron chi connectivity index (χ4n) is 2.86. The van der Waals surface area contributed by atoms with Crippen molar-refractivity contribution in [1.29, 1.82) is 0 Å². The van der Waals surface area contributed by atoms with E-state index in [1.54, 1.807) is 18.2 Å². The Morgan fingerprint density at radius 1 is 1.29 bits per heavy atom. The van der Waals surface area contributed by atoms with Crippen LogP contribution >= 0.6 is 0 Å². The quantitative estimate of drug-likeness (QED) is 0.718. The van der Waals surface area contributed by atoms with E-state index in [0.29, 0.717) is 30.9 Å². The Hall–Kier alpha value is -1.88. The first kappa shape index (κ1) is 18.5. The summed E-state index contributed by atoms with van der Waals surface area (Å²) in [7, 11) is 0. The van der Waals surface area contributed by atoms with Crippen molar-refractivity contribution in [2.75, 3.05) is 11.9 Å². The number of rotatable bonds is 7. The van der Waals surface area contributed by atoms with Crippen LogP contribution < -0.4 is 10.6 Å². The van der Waals surface area contributed by atoms with Gasteiger partial charge in [-0.2, -0.15) is 0 Å². The van der Waals surface area contributed by atoms with Crippen molar-refractivity contribution in [2.24, 2.45) is 5.92 Å². The number of carbonyl (C=O) groups excluding carboxylic acids is 2. The zero-order valence-electron chi connectivity index (χ0n) is 14.8. The number of aryl methyl sites for hydroxylation is 1. The molecule has 0 radical (unpaired) electrons. The lowest BCUT2D eigenvalue weighted by molar-refractivity contribution is -0.116. The van der Waals surface area contributed by atoms with Gasteiger partial charge in [0.05, 0.1) is 5.60 Å². The number of aliphatic hydroxyl groups is 1. The van der Waals surface area contributed by atoms with Crippen molar-refractivity contribution in [1.82, 2.24) is 5.32 Å². The van der Waals surface area contributed by atoms with Crippen LogP contribution in [-0.2, 0) is 4.79 Å². The van der Waals surface area contributed by atoms with Gasteiger partial charge >= 0.3 is 0 Å². The summed E-state index contributed by atoms with van der Waals surface area (Å²) in [4.78, 5) is 24.0. The number of anilines is 1. The van der Waals surface area contributed by atoms with Crippen LogP contribution in [0.15, 0.2) is 18.2 Å². The largest absolute Gasteiger partial charge is 0.390 e. The Kier molecular flexibility index (Phi) is 5.99. The molecule has 1 aromatic carbocycles. The second-order valence-corrected chi connectivity index (χ2v) is 7.26. The summed E-state index contributed by atoms with van der Waals surface area (Å²) in [5.41, 5.74) is 1.58. The predicted molar refractivity (Wildman–Crippen MR) is 95.0 cm³/mol. The van der Waals surface area contributed by atoms with Gasteiger partial charge in [-0.25, -0.2) is 0 Å². The van der Waals surface area contributed by atoms with Crippen molar-refractivity contribution in [3.8, 4) is 0 Å². The highest BCUT2D eigenvalue weighted by molar-refractivity contribution is 5.96. The number of hydrogen-bond acceptors (Lipinski definition) is 3. The molecule has 0 atom stereocenters. The van der Waals surface area contributed by atoms with Gasteiger partial charge in [-0.3, -0.25) is 9.59 Å². The summed E-state index contributed by atoms with van der Waals surface area (Å²) in [6.45, 7) is 6.35. The molecule has 0 unspecified atom stereocenters. The first-order valence-electron chi connectivity index (χ1n) is 8.70. The van der Waals surface area contributed by atoms with Gasteiger partial charge in [0.25, 0.3) is 5.91 Å². The summed E-state index contributed by atoms with van der Waals surface area (Å²) in [6, 6.07) is 5.26. The van der Waals surface area contributed by atoms with Crippen LogP contribution in [0, 0.1) is 12.8 Å². The molecule has 1 aromatic rings. The average Bonchev–Trinajstić information content (AvgIpc) is 2.46. The molecular weight excluding hydrogens is 304 g/mol. The van der Waals surface area contributed by atoms with Crippen molar-refractivity contribution < 1.29 is 14.7 Å². The zero-order valence-corrected chi connectivity index (χ0v) is 14.8. The fourth-order valence-corrected chi connectivity index (χ4v) is 2.86. The Labute approximate surface area is 143 Å². The molecule has 1 saturated carbocycles. The maximum absolute atomic E-state index is 12.2. The minimum Gasteiger partial charge on any atom is -0.390 e. The molecule has 24 heavy (non-hydrogen) atoms. The molecule has 1 aliphatic rings. The van der Waals surface area contributed by atoms with Crippen LogP contribution in [-0.4, -0.2) is 29.1 Å². The predicted octanol–water partition coefficient (Wildman–Crippen LogP) is 3.01. The van der Waals surface area contributed by atoms with E-state index in [-0.39, 0.29) is 11.8 Å². The molecule has 1 aliphatic carbocycles. The molecule has 0 heterocycles. The third kappa shape index (κ3) is 5.06. The van der Waals surface area contributed by atoms with Gasteiger partial charge < -0.3 is 15.7 Å². The summed E-state index contributed by atoms with van der Waals surface area (Å²) < 4.78 is 0. The van der Waals surface area contributed by atoms with Crippen LogP contribution in [0.1, 0.15) is 61.9 Å². The lowest BCUT2D eigenvalue weighted by Crippen LogP contribution is -2.40. The molecule has 132 valence electrons. The molecule has 0 saturated heterocycles. The lowest BCUT2D eigenvalue weighted by atomic mass is 9.78. The smallest absolute Gasteiger partial charge is 0.251 e. The Balaban J connectivity index is 1.88. The van der Waals surface area contributed by atoms with Crippen molar-refractivity contribution in [2.45, 2.75) is 58.5 Å². The second-order valence-electron chi connectivity index (χ2n) is 7.26. The molecule has 0 aromatic heterocycles. The number of nitrogens with one attached hydrogen (secondary N) is 2. The van der Waals surface area contributed by atoms with Crippen molar-refractivity contribution >= 4 is 17.5 Å². The lowest BCUT2D eigenvalue weighted by Gasteiger charge is -2.36. The third-order valence-electron chi connectivity index (χ3n) is 4.52. The van der Waals surface area contributed by atoms with Gasteiger partial charge in [-0.1, -0.05) is 13.8 Å². The SMILES string of the molecule is Cc1cc(C(=O)NCCC2(O)CCC2)ccc1NC(=O)CC(C)C. The van der Waals surface area contributed by atoms with Crippen LogP contribution in [0.2, 0.25) is 0 Å². The Morgan fingerprint density at radius 3 is 2.54 bits per heavy atom. The molecule has 3 N–H and O–H groups in total. The number of amides is 2. The van der Waals surface area contributed by atoms with Crippen LogP contribution in [0.25, 0.3) is 0 Å². The highest BCUT2D eigenvalue weighted by Gasteiger charge is 2.33. The van der Waals surface area contributed by atoms with Crippen molar-refractivity contribution in [3.05, 3.63) is 29.3 Å². The average molecular weight is 332 g/mol. The fraction of sp³-hybridized carbons (Fsp3) is 0.579. The van der Waals surface area contributed by atoms with E-state index in [9.17, 15) is 14.7 Å². The number of carbonyl (C=O) groups is 2. The molecule has 0 aliphatic heterocycles. The van der Waals surface area contributed by atoms with Crippen LogP contribution in [0.3, 0.4) is 0 Å². The monoisotopic (exact) mass is 332 g/mol. The minimum atomic E-state index is -0.576. The van der Waals surface area contributed by atoms with Crippen LogP contribution in [0.5, 0.6) is 0 Å². The molecular formula is C19H28N2O3. The molecule has 2 amide bonds. The van der Waals surface area contributed by atoms with E-state index < -0.39 is 5.60 Å². The molecule has 0 bridgehead atoms. The molecule has 5 heteroatoms. The van der Waals surface area contributed by atoms with Crippen molar-refractivity contribution in [3.63, 3.8) is 0 Å². The topological polar surface area (TPSA) is 78.4 Å². The van der Waals surface area contributed by atoms with E-state index in [2.05, 4.69) is 10.6 Å². The third-order valence-corrected chi connectivity index (χ3v) is 4.52. The Morgan fingerprint density at radius 2 is 2.00 bits per heavy atom. The summed E-state index contributed by atoms with van der Waals surface area (Å²) in [5, 5.41) is 15.8. The maximum Gasteiger partial charge on any atom is 0.251 e. The number of benzene rings is 1. The standard InChI is InChI=1S/C19H28N2O3/c1-13(2)11-17(22)21-16-6-5-15(12-14(16)3)18(23)20-10-9-19(24)7-4-8-19/h5-6,12-13,24H,4,7-11H2,1-3H3,(H,20,23)(H,21,22). The van der Waals surface area contributed by atoms with E-state index in [0.717, 1.165) is 30.5 Å². The van der Waals surface area contributed by atoms with E-state index in [4.69, 9.17) is 0 Å². The molecule has 5 nitrogen and oxygen atoms in total. The zero-order chi connectivity index (χ0) is 17.7. The van der Waals surface area contributed by atoms with Gasteiger partial charge in [-0.05, 0) is 62.3 Å². The van der Waals surface area contributed by atoms with Gasteiger partial charge in [0.2, 0.25) is 5.91 Å². The molecule has 2 rings (SSSR count). The normalized spacial score (nSPS) is 15.7. The number of hydrogen-bond donors (Lipinski definition) is 3. The highest BCUT2D eigenvalue weighted by Crippen LogP contribution is 2.34. The summed E-state index contributed by atoms with van der Waals surface area (Å²) in [6.07, 6.45) is 3.79. The van der Waals surface area contributed by atoms with E-state index in [1.807, 2.05) is 20.8 Å². The summed E-state index contributed by atoms with van der Waals surface area (Å²) in [5.74, 6) is 0.140. The second kappa shape index (κ2) is 7.79. The van der Waals surface area contributed by atoms with E-state index >= 15 is 0 Å². The van der Waals surface area contributed by atoms with Gasteiger partial charge in [0, 0.05) is 24.2 Å². The van der Waals surface area contributed by atoms with Gasteiger partial charge in [0.1, 0.15) is 0 Å². The molecule has 0 spiro atoms. The van der Waals surface area contributed by atoms with Crippen LogP contribution in [0.4, 0.5) is 5.69 Å². The van der Waals surface area contributed by atoms with Gasteiger partial charge in [0.15, 0.2) is 0 Å². The first-order chi connectivity index (χ1) is 11.3. The maximum atomic E-state index is 12.2. The molecule has 1 fully saturated rings. The first-order valence-corrected chi connectivity index (χ1v) is 8.70. The van der Waals surface area contributed by atoms with Gasteiger partial charge in [-0.15, -0.1) is 0 Å². The van der Waals surface area contributed by atoms with E-state index in [1.165, 1.54) is 0 Å².